The quantitative estimate of drug-likeness (QED) is 0.765. The van der Waals surface area contributed by atoms with Gasteiger partial charge in [-0.2, -0.15) is 0 Å². The largest absolute Gasteiger partial charge is 0.497 e. The molecule has 2 aliphatic heterocycles. The van der Waals surface area contributed by atoms with Crippen molar-refractivity contribution in [2.75, 3.05) is 43.1 Å². The second-order valence-electron chi connectivity index (χ2n) is 9.32. The van der Waals surface area contributed by atoms with E-state index in [1.165, 1.54) is 22.5 Å². The molecule has 2 heterocycles. The number of fused-ring (bicyclic) bond motifs is 3. The Labute approximate surface area is 186 Å². The Kier molecular flexibility index (Phi) is 6.40. The van der Waals surface area contributed by atoms with Gasteiger partial charge in [0.05, 0.1) is 19.1 Å². The fourth-order valence-corrected chi connectivity index (χ4v) is 4.81. The highest BCUT2D eigenvalue weighted by atomic mass is 16.5. The summed E-state index contributed by atoms with van der Waals surface area (Å²) in [4.78, 5) is 18.1. The average Bonchev–Trinajstić information content (AvgIpc) is 2.78. The number of carbonyl (C=O) groups excluding carboxylic acids is 1. The van der Waals surface area contributed by atoms with E-state index < -0.39 is 0 Å². The lowest BCUT2D eigenvalue weighted by atomic mass is 9.83. The number of hydrogen-bond donors (Lipinski definition) is 1. The number of anilines is 2. The van der Waals surface area contributed by atoms with Crippen LogP contribution in [0, 0.1) is 18.8 Å². The van der Waals surface area contributed by atoms with E-state index in [0.717, 1.165) is 44.8 Å². The van der Waals surface area contributed by atoms with Gasteiger partial charge in [0.15, 0.2) is 0 Å². The van der Waals surface area contributed by atoms with Crippen LogP contribution >= 0.6 is 0 Å². The summed E-state index contributed by atoms with van der Waals surface area (Å²) in [6, 6.07) is 15.1. The van der Waals surface area contributed by atoms with Gasteiger partial charge >= 0.3 is 0 Å². The Morgan fingerprint density at radius 1 is 1.16 bits per heavy atom. The van der Waals surface area contributed by atoms with Gasteiger partial charge in [0.2, 0.25) is 5.91 Å². The molecule has 0 radical (unpaired) electrons. The SMILES string of the molecule is COc1ccc2c(c1)N1CCN(c3ccc(C)cc3)CC1C(C(=O)NCCC(C)C)C2. The number of aryl methyl sites for hydroxylation is 1. The van der Waals surface area contributed by atoms with E-state index in [2.05, 4.69) is 72.3 Å². The standard InChI is InChI=1S/C26H35N3O2/c1-18(2)11-12-27-26(30)23-15-20-7-10-22(31-4)16-24(20)29-14-13-28(17-25(23)29)21-8-5-19(3)6-9-21/h5-10,16,18,23,25H,11-15,17H2,1-4H3,(H,27,30). The third-order valence-corrected chi connectivity index (χ3v) is 6.68. The first-order chi connectivity index (χ1) is 15.0. The molecule has 2 atom stereocenters. The van der Waals surface area contributed by atoms with Gasteiger partial charge in [-0.05, 0) is 49.4 Å². The summed E-state index contributed by atoms with van der Waals surface area (Å²) in [6.07, 6.45) is 1.78. The number of nitrogens with zero attached hydrogens (tertiary/aromatic N) is 2. The lowest BCUT2D eigenvalue weighted by molar-refractivity contribution is -0.125. The van der Waals surface area contributed by atoms with E-state index >= 15 is 0 Å². The number of amides is 1. The van der Waals surface area contributed by atoms with Crippen LogP contribution in [0.5, 0.6) is 5.75 Å². The predicted molar refractivity (Wildman–Crippen MR) is 127 cm³/mol. The maximum Gasteiger partial charge on any atom is 0.225 e. The summed E-state index contributed by atoms with van der Waals surface area (Å²) >= 11 is 0. The molecule has 2 aromatic rings. The Morgan fingerprint density at radius 2 is 1.94 bits per heavy atom. The van der Waals surface area contributed by atoms with Crippen LogP contribution in [0.1, 0.15) is 31.4 Å². The van der Waals surface area contributed by atoms with Gasteiger partial charge in [0.25, 0.3) is 0 Å². The van der Waals surface area contributed by atoms with Crippen molar-refractivity contribution in [2.45, 2.75) is 39.7 Å². The van der Waals surface area contributed by atoms with Crippen LogP contribution in [0.2, 0.25) is 0 Å². The zero-order valence-electron chi connectivity index (χ0n) is 19.2. The monoisotopic (exact) mass is 421 g/mol. The van der Waals surface area contributed by atoms with Crippen LogP contribution in [0.15, 0.2) is 42.5 Å². The van der Waals surface area contributed by atoms with Gasteiger partial charge in [-0.25, -0.2) is 0 Å². The summed E-state index contributed by atoms with van der Waals surface area (Å²) in [6.45, 7) is 9.94. The predicted octanol–water partition coefficient (Wildman–Crippen LogP) is 4.03. The zero-order valence-corrected chi connectivity index (χ0v) is 19.2. The molecule has 0 aromatic heterocycles. The number of ether oxygens (including phenoxy) is 1. The topological polar surface area (TPSA) is 44.8 Å². The smallest absolute Gasteiger partial charge is 0.225 e. The van der Waals surface area contributed by atoms with E-state index in [1.54, 1.807) is 7.11 Å². The lowest BCUT2D eigenvalue weighted by Gasteiger charge is -2.49. The Balaban J connectivity index is 1.60. The molecule has 31 heavy (non-hydrogen) atoms. The van der Waals surface area contributed by atoms with Crippen molar-refractivity contribution in [3.8, 4) is 5.75 Å². The summed E-state index contributed by atoms with van der Waals surface area (Å²) < 4.78 is 5.50. The van der Waals surface area contributed by atoms with E-state index in [0.29, 0.717) is 5.92 Å². The van der Waals surface area contributed by atoms with Gasteiger partial charge in [-0.1, -0.05) is 37.6 Å². The number of rotatable bonds is 6. The first-order valence-corrected chi connectivity index (χ1v) is 11.5. The van der Waals surface area contributed by atoms with Crippen molar-refractivity contribution in [3.63, 3.8) is 0 Å². The maximum absolute atomic E-state index is 13.3. The highest BCUT2D eigenvalue weighted by Gasteiger charge is 2.41. The first-order valence-electron chi connectivity index (χ1n) is 11.5. The highest BCUT2D eigenvalue weighted by molar-refractivity contribution is 5.82. The fourth-order valence-electron chi connectivity index (χ4n) is 4.81. The molecule has 0 aliphatic carbocycles. The Hall–Kier alpha value is -2.69. The van der Waals surface area contributed by atoms with Crippen molar-refractivity contribution in [2.24, 2.45) is 11.8 Å². The number of carbonyl (C=O) groups is 1. The van der Waals surface area contributed by atoms with Crippen molar-refractivity contribution < 1.29 is 9.53 Å². The van der Waals surface area contributed by atoms with Crippen LogP contribution in [-0.2, 0) is 11.2 Å². The van der Waals surface area contributed by atoms with Crippen molar-refractivity contribution in [1.82, 2.24) is 5.32 Å². The minimum Gasteiger partial charge on any atom is -0.497 e. The normalized spacial score (nSPS) is 20.3. The van der Waals surface area contributed by atoms with Crippen LogP contribution in [0.25, 0.3) is 0 Å². The number of piperazine rings is 1. The van der Waals surface area contributed by atoms with Gasteiger partial charge in [-0.15, -0.1) is 0 Å². The second-order valence-corrected chi connectivity index (χ2v) is 9.32. The average molecular weight is 422 g/mol. The molecule has 5 nitrogen and oxygen atoms in total. The van der Waals surface area contributed by atoms with Crippen LogP contribution in [0.4, 0.5) is 11.4 Å². The Morgan fingerprint density at radius 3 is 2.65 bits per heavy atom. The highest BCUT2D eigenvalue weighted by Crippen LogP contribution is 2.39. The van der Waals surface area contributed by atoms with Crippen LogP contribution in [-0.4, -0.2) is 45.2 Å². The molecule has 5 heteroatoms. The minimum atomic E-state index is -0.0543. The van der Waals surface area contributed by atoms with Crippen LogP contribution < -0.4 is 19.9 Å². The number of nitrogens with one attached hydrogen (secondary N) is 1. The van der Waals surface area contributed by atoms with Crippen molar-refractivity contribution in [3.05, 3.63) is 53.6 Å². The minimum absolute atomic E-state index is 0.0543. The molecule has 2 aromatic carbocycles. The molecule has 1 saturated heterocycles. The molecular formula is C26H35N3O2. The maximum atomic E-state index is 13.3. The van der Waals surface area contributed by atoms with Gasteiger partial charge < -0.3 is 19.9 Å². The van der Waals surface area contributed by atoms with E-state index in [-0.39, 0.29) is 17.9 Å². The molecule has 0 bridgehead atoms. The number of methoxy groups -OCH3 is 1. The molecule has 2 unspecified atom stereocenters. The van der Waals surface area contributed by atoms with Crippen molar-refractivity contribution >= 4 is 17.3 Å². The number of hydrogen-bond acceptors (Lipinski definition) is 4. The summed E-state index contributed by atoms with van der Waals surface area (Å²) in [5.74, 6) is 1.59. The Bertz CT molecular complexity index is 909. The third kappa shape index (κ3) is 4.65. The van der Waals surface area contributed by atoms with Crippen LogP contribution in [0.3, 0.4) is 0 Å². The molecular weight excluding hydrogens is 386 g/mol. The first kappa shape index (κ1) is 21.5. The van der Waals surface area contributed by atoms with Gasteiger partial charge in [0.1, 0.15) is 5.75 Å². The fraction of sp³-hybridized carbons (Fsp3) is 0.500. The van der Waals surface area contributed by atoms with E-state index in [9.17, 15) is 4.79 Å². The molecule has 2 aliphatic rings. The van der Waals surface area contributed by atoms with E-state index in [4.69, 9.17) is 4.74 Å². The molecule has 166 valence electrons. The summed E-state index contributed by atoms with van der Waals surface area (Å²) in [5.41, 5.74) is 4.97. The summed E-state index contributed by atoms with van der Waals surface area (Å²) in [5, 5.41) is 3.22. The number of benzene rings is 2. The molecule has 1 fully saturated rings. The van der Waals surface area contributed by atoms with Gasteiger partial charge in [-0.3, -0.25) is 4.79 Å². The molecule has 1 amide bonds. The molecule has 1 N–H and O–H groups in total. The second kappa shape index (κ2) is 9.21. The van der Waals surface area contributed by atoms with Gasteiger partial charge in [0, 0.05) is 43.6 Å². The molecule has 4 rings (SSSR count). The lowest BCUT2D eigenvalue weighted by Crippen LogP contribution is -2.61. The van der Waals surface area contributed by atoms with E-state index in [1.807, 2.05) is 6.07 Å². The molecule has 0 saturated carbocycles. The zero-order chi connectivity index (χ0) is 22.0. The third-order valence-electron chi connectivity index (χ3n) is 6.68. The summed E-state index contributed by atoms with van der Waals surface area (Å²) in [7, 11) is 1.71. The molecule has 0 spiro atoms. The van der Waals surface area contributed by atoms with Crippen molar-refractivity contribution in [1.29, 1.82) is 0 Å².